The molecule has 0 saturated carbocycles. The Morgan fingerprint density at radius 3 is 2.12 bits per heavy atom. The summed E-state index contributed by atoms with van der Waals surface area (Å²) >= 11 is 0. The Morgan fingerprint density at radius 2 is 1.56 bits per heavy atom. The van der Waals surface area contributed by atoms with Gasteiger partial charge >= 0.3 is 0 Å². The molecule has 0 heterocycles. The van der Waals surface area contributed by atoms with Crippen LogP contribution in [-0.4, -0.2) is 27.1 Å². The molecule has 0 aromatic heterocycles. The van der Waals surface area contributed by atoms with Crippen LogP contribution in [0.5, 0.6) is 5.75 Å². The zero-order valence-electron chi connectivity index (χ0n) is 10.7. The van der Waals surface area contributed by atoms with Crippen LogP contribution in [0.1, 0.15) is 16.7 Å². The van der Waals surface area contributed by atoms with Gasteiger partial charge in [-0.25, -0.2) is 0 Å². The first kappa shape index (κ1) is 13.0. The number of hydrogen-bond acceptors (Lipinski definition) is 3. The molecule has 3 heteroatoms. The van der Waals surface area contributed by atoms with Gasteiger partial charge in [-0.3, -0.25) is 0 Å². The second-order valence-corrected chi connectivity index (χ2v) is 3.87. The third-order valence-electron chi connectivity index (χ3n) is 2.76. The van der Waals surface area contributed by atoms with Crippen molar-refractivity contribution in [3.8, 4) is 5.75 Å². The lowest BCUT2D eigenvalue weighted by Crippen LogP contribution is -2.22. The van der Waals surface area contributed by atoms with E-state index < -0.39 is 0 Å². The van der Waals surface area contributed by atoms with Crippen molar-refractivity contribution in [1.82, 2.24) is 0 Å². The van der Waals surface area contributed by atoms with Crippen LogP contribution in [0.3, 0.4) is 0 Å². The monoisotopic (exact) mass is 224 g/mol. The maximum atomic E-state index is 5.74. The van der Waals surface area contributed by atoms with Crippen molar-refractivity contribution in [2.24, 2.45) is 0 Å². The fourth-order valence-corrected chi connectivity index (χ4v) is 1.53. The van der Waals surface area contributed by atoms with E-state index in [2.05, 4.69) is 26.0 Å². The van der Waals surface area contributed by atoms with Gasteiger partial charge in [0.05, 0.1) is 0 Å². The maximum Gasteiger partial charge on any atom is 0.191 e. The van der Waals surface area contributed by atoms with Crippen molar-refractivity contribution in [3.05, 3.63) is 28.8 Å². The van der Waals surface area contributed by atoms with Crippen molar-refractivity contribution in [3.63, 3.8) is 0 Å². The molecule has 0 aliphatic rings. The Balaban J connectivity index is 2.77. The van der Waals surface area contributed by atoms with Crippen molar-refractivity contribution in [1.29, 1.82) is 0 Å². The zero-order chi connectivity index (χ0) is 12.1. The summed E-state index contributed by atoms with van der Waals surface area (Å²) in [6, 6.07) is 4.16. The first-order valence-corrected chi connectivity index (χ1v) is 5.35. The molecule has 0 saturated heterocycles. The SMILES string of the molecule is COC(COc1c(C)ccc(C)c1C)OC. The Kier molecular flexibility index (Phi) is 4.77. The fraction of sp³-hybridized carbons (Fsp3) is 0.538. The number of benzene rings is 1. The summed E-state index contributed by atoms with van der Waals surface area (Å²) in [6.45, 7) is 6.58. The van der Waals surface area contributed by atoms with Crippen LogP contribution in [0.2, 0.25) is 0 Å². The fourth-order valence-electron chi connectivity index (χ4n) is 1.53. The van der Waals surface area contributed by atoms with Crippen LogP contribution in [0.25, 0.3) is 0 Å². The molecular weight excluding hydrogens is 204 g/mol. The van der Waals surface area contributed by atoms with E-state index in [0.717, 1.165) is 11.3 Å². The third-order valence-corrected chi connectivity index (χ3v) is 2.76. The minimum absolute atomic E-state index is 0.320. The minimum Gasteiger partial charge on any atom is -0.488 e. The van der Waals surface area contributed by atoms with E-state index >= 15 is 0 Å². The Hall–Kier alpha value is -1.06. The highest BCUT2D eigenvalue weighted by molar-refractivity contribution is 5.44. The lowest BCUT2D eigenvalue weighted by Gasteiger charge is -2.18. The van der Waals surface area contributed by atoms with E-state index in [0.29, 0.717) is 6.61 Å². The van der Waals surface area contributed by atoms with Crippen molar-refractivity contribution >= 4 is 0 Å². The molecule has 1 aromatic rings. The summed E-state index contributed by atoms with van der Waals surface area (Å²) < 4.78 is 15.9. The predicted molar refractivity (Wildman–Crippen MR) is 64.0 cm³/mol. The van der Waals surface area contributed by atoms with E-state index in [4.69, 9.17) is 14.2 Å². The maximum absolute atomic E-state index is 5.74. The van der Waals surface area contributed by atoms with Crippen molar-refractivity contribution < 1.29 is 14.2 Å². The van der Waals surface area contributed by atoms with Crippen molar-refractivity contribution in [2.75, 3.05) is 20.8 Å². The highest BCUT2D eigenvalue weighted by Crippen LogP contribution is 2.25. The standard InChI is InChI=1S/C13H20O3/c1-9-6-7-10(2)13(11(9)3)16-8-12(14-4)15-5/h6-7,12H,8H2,1-5H3. The van der Waals surface area contributed by atoms with Crippen LogP contribution < -0.4 is 4.74 Å². The van der Waals surface area contributed by atoms with Gasteiger partial charge in [0.15, 0.2) is 6.29 Å². The lowest BCUT2D eigenvalue weighted by molar-refractivity contribution is -0.122. The Labute approximate surface area is 97.3 Å². The molecule has 0 radical (unpaired) electrons. The average Bonchev–Trinajstić information content (AvgIpc) is 2.29. The second kappa shape index (κ2) is 5.87. The van der Waals surface area contributed by atoms with E-state index in [1.807, 2.05) is 6.92 Å². The normalized spacial score (nSPS) is 10.9. The summed E-state index contributed by atoms with van der Waals surface area (Å²) in [4.78, 5) is 0. The predicted octanol–water partition coefficient (Wildman–Crippen LogP) is 2.61. The van der Waals surface area contributed by atoms with Gasteiger partial charge in [0, 0.05) is 14.2 Å². The summed E-state index contributed by atoms with van der Waals surface area (Å²) in [5, 5.41) is 0. The number of ether oxygens (including phenoxy) is 3. The van der Waals surface area contributed by atoms with E-state index in [-0.39, 0.29) is 6.29 Å². The Bertz CT molecular complexity index is 343. The molecule has 0 atom stereocenters. The molecular formula is C13H20O3. The lowest BCUT2D eigenvalue weighted by atomic mass is 10.1. The quantitative estimate of drug-likeness (QED) is 0.719. The van der Waals surface area contributed by atoms with E-state index in [1.165, 1.54) is 11.1 Å². The number of hydrogen-bond donors (Lipinski definition) is 0. The second-order valence-electron chi connectivity index (χ2n) is 3.87. The summed E-state index contributed by atoms with van der Waals surface area (Å²) in [5.74, 6) is 0.930. The van der Waals surface area contributed by atoms with Gasteiger partial charge in [0.2, 0.25) is 0 Å². The van der Waals surface area contributed by atoms with Gasteiger partial charge in [0.1, 0.15) is 12.4 Å². The summed E-state index contributed by atoms with van der Waals surface area (Å²) in [7, 11) is 3.21. The van der Waals surface area contributed by atoms with Gasteiger partial charge in [-0.2, -0.15) is 0 Å². The summed E-state index contributed by atoms with van der Waals surface area (Å²) in [5.41, 5.74) is 3.53. The molecule has 0 unspecified atom stereocenters. The molecule has 0 fully saturated rings. The first-order chi connectivity index (χ1) is 7.60. The van der Waals surface area contributed by atoms with Gasteiger partial charge in [0.25, 0.3) is 0 Å². The molecule has 0 spiro atoms. The highest BCUT2D eigenvalue weighted by atomic mass is 16.7. The van der Waals surface area contributed by atoms with Crippen LogP contribution in [0, 0.1) is 20.8 Å². The average molecular weight is 224 g/mol. The molecule has 16 heavy (non-hydrogen) atoms. The number of methoxy groups -OCH3 is 2. The summed E-state index contributed by atoms with van der Waals surface area (Å²) in [6.07, 6.45) is -0.320. The highest BCUT2D eigenvalue weighted by Gasteiger charge is 2.10. The molecule has 0 aliphatic heterocycles. The van der Waals surface area contributed by atoms with Crippen LogP contribution >= 0.6 is 0 Å². The molecule has 0 aliphatic carbocycles. The molecule has 3 nitrogen and oxygen atoms in total. The topological polar surface area (TPSA) is 27.7 Å². The van der Waals surface area contributed by atoms with Crippen molar-refractivity contribution in [2.45, 2.75) is 27.1 Å². The first-order valence-electron chi connectivity index (χ1n) is 5.35. The van der Waals surface area contributed by atoms with Gasteiger partial charge < -0.3 is 14.2 Å². The molecule has 0 amide bonds. The van der Waals surface area contributed by atoms with Crippen LogP contribution in [-0.2, 0) is 9.47 Å². The van der Waals surface area contributed by atoms with Gasteiger partial charge in [-0.1, -0.05) is 12.1 Å². The molecule has 90 valence electrons. The molecule has 1 aromatic carbocycles. The molecule has 1 rings (SSSR count). The van der Waals surface area contributed by atoms with Gasteiger partial charge in [-0.15, -0.1) is 0 Å². The van der Waals surface area contributed by atoms with E-state index in [9.17, 15) is 0 Å². The largest absolute Gasteiger partial charge is 0.488 e. The van der Waals surface area contributed by atoms with Gasteiger partial charge in [-0.05, 0) is 37.5 Å². The van der Waals surface area contributed by atoms with Crippen LogP contribution in [0.15, 0.2) is 12.1 Å². The number of rotatable bonds is 5. The molecule has 0 bridgehead atoms. The molecule has 0 N–H and O–H groups in total. The van der Waals surface area contributed by atoms with Crippen LogP contribution in [0.4, 0.5) is 0 Å². The third kappa shape index (κ3) is 2.97. The number of aryl methyl sites for hydroxylation is 2. The Morgan fingerprint density at radius 1 is 1.00 bits per heavy atom. The minimum atomic E-state index is -0.320. The zero-order valence-corrected chi connectivity index (χ0v) is 10.7. The smallest absolute Gasteiger partial charge is 0.191 e. The van der Waals surface area contributed by atoms with E-state index in [1.54, 1.807) is 14.2 Å².